The van der Waals surface area contributed by atoms with Gasteiger partial charge in [0.2, 0.25) is 5.91 Å². The van der Waals surface area contributed by atoms with E-state index in [1.807, 2.05) is 24.3 Å². The van der Waals surface area contributed by atoms with Crippen molar-refractivity contribution in [2.45, 2.75) is 68.7 Å². The summed E-state index contributed by atoms with van der Waals surface area (Å²) in [5, 5.41) is 3.25. The lowest BCUT2D eigenvalue weighted by molar-refractivity contribution is -0.142. The van der Waals surface area contributed by atoms with E-state index in [0.29, 0.717) is 23.8 Å². The largest absolute Gasteiger partial charge is 0.433 e. The molecule has 1 amide bonds. The van der Waals surface area contributed by atoms with Gasteiger partial charge in [-0.15, -0.1) is 11.8 Å². The van der Waals surface area contributed by atoms with Gasteiger partial charge in [0.1, 0.15) is 5.82 Å². The number of amides is 1. The summed E-state index contributed by atoms with van der Waals surface area (Å²) in [5.74, 6) is -0.0356. The second-order valence-electron chi connectivity index (χ2n) is 7.71. The van der Waals surface area contributed by atoms with Crippen molar-refractivity contribution in [3.8, 4) is 0 Å². The average Bonchev–Trinajstić information content (AvgIpc) is 2.68. The first kappa shape index (κ1) is 22.6. The first-order valence-electron chi connectivity index (χ1n) is 10.2. The molecule has 1 N–H and O–H groups in total. The van der Waals surface area contributed by atoms with Gasteiger partial charge >= 0.3 is 6.18 Å². The van der Waals surface area contributed by atoms with Crippen LogP contribution in [0.3, 0.4) is 0 Å². The average molecular weight is 438 g/mol. The maximum Gasteiger partial charge on any atom is 0.433 e. The second kappa shape index (κ2) is 9.81. The van der Waals surface area contributed by atoms with E-state index in [-0.39, 0.29) is 36.7 Å². The molecular weight excluding hydrogens is 411 g/mol. The molecule has 8 heteroatoms. The molecule has 0 radical (unpaired) electrons. The first-order chi connectivity index (χ1) is 14.2. The predicted molar refractivity (Wildman–Crippen MR) is 112 cm³/mol. The van der Waals surface area contributed by atoms with E-state index >= 15 is 0 Å². The van der Waals surface area contributed by atoms with E-state index in [2.05, 4.69) is 29.1 Å². The van der Waals surface area contributed by atoms with Gasteiger partial charge in [0, 0.05) is 34.4 Å². The maximum absolute atomic E-state index is 13.4. The number of hydrogen-bond acceptors (Lipinski definition) is 4. The van der Waals surface area contributed by atoms with Crippen LogP contribution in [0.25, 0.3) is 0 Å². The van der Waals surface area contributed by atoms with Crippen molar-refractivity contribution in [2.24, 2.45) is 0 Å². The normalized spacial score (nSPS) is 13.9. The van der Waals surface area contributed by atoms with Crippen molar-refractivity contribution in [3.63, 3.8) is 0 Å². The molecule has 0 fully saturated rings. The van der Waals surface area contributed by atoms with Crippen LogP contribution in [-0.4, -0.2) is 27.7 Å². The van der Waals surface area contributed by atoms with Crippen molar-refractivity contribution in [1.29, 1.82) is 0 Å². The maximum atomic E-state index is 13.4. The number of halogens is 3. The molecule has 3 rings (SSSR count). The molecule has 1 aromatic carbocycles. The Kier molecular flexibility index (Phi) is 7.39. The molecule has 0 aliphatic heterocycles. The third kappa shape index (κ3) is 6.20. The fraction of sp³-hybridized carbons (Fsp3) is 0.500. The number of aromatic nitrogens is 2. The van der Waals surface area contributed by atoms with E-state index < -0.39 is 11.9 Å². The fourth-order valence-electron chi connectivity index (χ4n) is 3.51. The number of benzene rings is 1. The van der Waals surface area contributed by atoms with E-state index in [1.165, 1.54) is 0 Å². The molecule has 1 heterocycles. The number of nitrogens with one attached hydrogen (secondary N) is 1. The SMILES string of the molecule is CC(C)Sc1ccc(CC(=O)NCCc2nc3c(c(C(F)(F)F)n2)CCCC3)cc1. The number of carbonyl (C=O) groups is 1. The van der Waals surface area contributed by atoms with E-state index in [0.717, 1.165) is 23.3 Å². The molecule has 30 heavy (non-hydrogen) atoms. The number of fused-ring (bicyclic) bond motifs is 1. The van der Waals surface area contributed by atoms with E-state index in [1.54, 1.807) is 11.8 Å². The van der Waals surface area contributed by atoms with Crippen LogP contribution >= 0.6 is 11.8 Å². The van der Waals surface area contributed by atoms with Crippen LogP contribution in [0.2, 0.25) is 0 Å². The van der Waals surface area contributed by atoms with Crippen LogP contribution < -0.4 is 5.32 Å². The highest BCUT2D eigenvalue weighted by atomic mass is 32.2. The fourth-order valence-corrected chi connectivity index (χ4v) is 4.35. The number of hydrogen-bond donors (Lipinski definition) is 1. The number of thioether (sulfide) groups is 1. The van der Waals surface area contributed by atoms with Crippen LogP contribution in [0, 0.1) is 0 Å². The van der Waals surface area contributed by atoms with Gasteiger partial charge in [-0.05, 0) is 43.4 Å². The van der Waals surface area contributed by atoms with Crippen LogP contribution in [0.1, 0.15) is 55.0 Å². The molecule has 0 saturated heterocycles. The molecule has 162 valence electrons. The Morgan fingerprint density at radius 3 is 2.50 bits per heavy atom. The zero-order valence-corrected chi connectivity index (χ0v) is 18.0. The summed E-state index contributed by atoms with van der Waals surface area (Å²) in [6, 6.07) is 7.83. The summed E-state index contributed by atoms with van der Waals surface area (Å²) in [5.41, 5.74) is 0.822. The zero-order valence-electron chi connectivity index (χ0n) is 17.2. The number of carbonyl (C=O) groups excluding carboxylic acids is 1. The standard InChI is InChI=1S/C22H26F3N3OS/c1-14(2)30-16-9-7-15(8-10-16)13-20(29)26-12-11-19-27-18-6-4-3-5-17(18)21(28-19)22(23,24)25/h7-10,14H,3-6,11-13H2,1-2H3,(H,26,29). The predicted octanol–water partition coefficient (Wildman–Crippen LogP) is 4.78. The zero-order chi connectivity index (χ0) is 21.7. The molecular formula is C22H26F3N3OS. The smallest absolute Gasteiger partial charge is 0.355 e. The monoisotopic (exact) mass is 437 g/mol. The van der Waals surface area contributed by atoms with Crippen LogP contribution in [0.5, 0.6) is 0 Å². The Bertz CT molecular complexity index is 882. The topological polar surface area (TPSA) is 54.9 Å². The Balaban J connectivity index is 1.56. The third-order valence-electron chi connectivity index (χ3n) is 4.83. The molecule has 1 aromatic heterocycles. The Hall–Kier alpha value is -2.09. The number of aryl methyl sites for hydroxylation is 1. The van der Waals surface area contributed by atoms with Gasteiger partial charge in [-0.2, -0.15) is 13.2 Å². The molecule has 2 aromatic rings. The van der Waals surface area contributed by atoms with Gasteiger partial charge in [0.15, 0.2) is 5.69 Å². The van der Waals surface area contributed by atoms with Crippen LogP contribution in [0.4, 0.5) is 13.2 Å². The Morgan fingerprint density at radius 1 is 1.13 bits per heavy atom. The highest BCUT2D eigenvalue weighted by molar-refractivity contribution is 7.99. The van der Waals surface area contributed by atoms with Gasteiger partial charge in [0.05, 0.1) is 6.42 Å². The highest BCUT2D eigenvalue weighted by Crippen LogP contribution is 2.34. The van der Waals surface area contributed by atoms with Crippen LogP contribution in [0.15, 0.2) is 29.2 Å². The molecule has 0 atom stereocenters. The van der Waals surface area contributed by atoms with Crippen molar-refractivity contribution < 1.29 is 18.0 Å². The quantitative estimate of drug-likeness (QED) is 0.634. The lowest BCUT2D eigenvalue weighted by Gasteiger charge is -2.20. The lowest BCUT2D eigenvalue weighted by atomic mass is 9.94. The first-order valence-corrected chi connectivity index (χ1v) is 11.1. The lowest BCUT2D eigenvalue weighted by Crippen LogP contribution is -2.28. The van der Waals surface area contributed by atoms with Gasteiger partial charge in [-0.1, -0.05) is 26.0 Å². The van der Waals surface area contributed by atoms with E-state index in [9.17, 15) is 18.0 Å². The summed E-state index contributed by atoms with van der Waals surface area (Å²) >= 11 is 1.76. The number of rotatable bonds is 7. The molecule has 0 saturated carbocycles. The molecule has 0 unspecified atom stereocenters. The highest BCUT2D eigenvalue weighted by Gasteiger charge is 2.37. The Morgan fingerprint density at radius 2 is 1.83 bits per heavy atom. The molecule has 4 nitrogen and oxygen atoms in total. The summed E-state index contributed by atoms with van der Waals surface area (Å²) in [7, 11) is 0. The molecule has 1 aliphatic carbocycles. The Labute approximate surface area is 179 Å². The van der Waals surface area contributed by atoms with Crippen molar-refractivity contribution >= 4 is 17.7 Å². The third-order valence-corrected chi connectivity index (χ3v) is 5.84. The molecule has 0 bridgehead atoms. The van der Waals surface area contributed by atoms with Crippen LogP contribution in [-0.2, 0) is 36.7 Å². The van der Waals surface area contributed by atoms with Crippen molar-refractivity contribution in [3.05, 3.63) is 52.6 Å². The number of nitrogens with zero attached hydrogens (tertiary/aromatic N) is 2. The van der Waals surface area contributed by atoms with Crippen molar-refractivity contribution in [1.82, 2.24) is 15.3 Å². The second-order valence-corrected chi connectivity index (χ2v) is 9.36. The minimum atomic E-state index is -4.48. The van der Waals surface area contributed by atoms with Gasteiger partial charge in [-0.3, -0.25) is 4.79 Å². The molecule has 0 spiro atoms. The minimum absolute atomic E-state index is 0.137. The summed E-state index contributed by atoms with van der Waals surface area (Å²) in [6.45, 7) is 4.45. The summed E-state index contributed by atoms with van der Waals surface area (Å²) in [4.78, 5) is 21.5. The van der Waals surface area contributed by atoms with Gasteiger partial charge in [0.25, 0.3) is 0 Å². The summed E-state index contributed by atoms with van der Waals surface area (Å²) in [6.07, 6.45) is -1.60. The van der Waals surface area contributed by atoms with Gasteiger partial charge in [-0.25, -0.2) is 9.97 Å². The van der Waals surface area contributed by atoms with Crippen molar-refractivity contribution in [2.75, 3.05) is 6.54 Å². The minimum Gasteiger partial charge on any atom is -0.355 e. The summed E-state index contributed by atoms with van der Waals surface area (Å²) < 4.78 is 40.2. The van der Waals surface area contributed by atoms with E-state index in [4.69, 9.17) is 0 Å². The number of alkyl halides is 3. The molecule has 1 aliphatic rings. The van der Waals surface area contributed by atoms with Gasteiger partial charge < -0.3 is 5.32 Å².